The Morgan fingerprint density at radius 1 is 1.19 bits per heavy atom. The van der Waals surface area contributed by atoms with Crippen LogP contribution >= 0.6 is 12.2 Å². The Kier molecular flexibility index (Phi) is 6.42. The Bertz CT molecular complexity index is 361. The third-order valence-corrected chi connectivity index (χ3v) is 5.46. The molecule has 5 heteroatoms. The lowest BCUT2D eigenvalue weighted by Gasteiger charge is -2.37. The van der Waals surface area contributed by atoms with Crippen molar-refractivity contribution in [3.05, 3.63) is 0 Å². The summed E-state index contributed by atoms with van der Waals surface area (Å²) in [6.45, 7) is 5.44. The topological polar surface area (TPSA) is 49.6 Å². The fourth-order valence-corrected chi connectivity index (χ4v) is 3.65. The van der Waals surface area contributed by atoms with Crippen LogP contribution in [0.2, 0.25) is 0 Å². The summed E-state index contributed by atoms with van der Waals surface area (Å²) in [5.74, 6) is 1.13. The molecule has 2 aliphatic rings. The van der Waals surface area contributed by atoms with Crippen molar-refractivity contribution in [2.75, 3.05) is 26.2 Å². The van der Waals surface area contributed by atoms with Crippen LogP contribution in [0.3, 0.4) is 0 Å². The highest BCUT2D eigenvalue weighted by molar-refractivity contribution is 7.80. The Labute approximate surface area is 134 Å². The zero-order valence-electron chi connectivity index (χ0n) is 13.2. The molecule has 120 valence electrons. The molecule has 2 rings (SSSR count). The Balaban J connectivity index is 1.69. The molecule has 0 spiro atoms. The van der Waals surface area contributed by atoms with Gasteiger partial charge in [-0.15, -0.1) is 0 Å². The second-order valence-electron chi connectivity index (χ2n) is 6.54. The maximum Gasteiger partial charge on any atom is 0.222 e. The van der Waals surface area contributed by atoms with Gasteiger partial charge in [-0.3, -0.25) is 9.69 Å². The van der Waals surface area contributed by atoms with Crippen LogP contribution in [-0.2, 0) is 4.79 Å². The molecule has 1 saturated carbocycles. The number of thiocarbonyl (C=S) groups is 1. The standard InChI is InChI=1S/C16H29N3OS/c1-13(16(17)21)18-9-11-19(12-10-18)15(20)8-7-14-5-3-2-4-6-14/h13-14H,2-12H2,1H3,(H2,17,21). The molecule has 0 aromatic carbocycles. The Morgan fingerprint density at radius 2 is 1.81 bits per heavy atom. The van der Waals surface area contributed by atoms with E-state index in [1.165, 1.54) is 32.1 Å². The van der Waals surface area contributed by atoms with Crippen LogP contribution in [0, 0.1) is 5.92 Å². The zero-order chi connectivity index (χ0) is 15.2. The van der Waals surface area contributed by atoms with Gasteiger partial charge in [0.1, 0.15) is 0 Å². The minimum absolute atomic E-state index is 0.138. The minimum Gasteiger partial charge on any atom is -0.392 e. The summed E-state index contributed by atoms with van der Waals surface area (Å²) in [5.41, 5.74) is 5.70. The zero-order valence-corrected chi connectivity index (χ0v) is 14.0. The lowest BCUT2D eigenvalue weighted by Crippen LogP contribution is -2.53. The molecular weight excluding hydrogens is 282 g/mol. The van der Waals surface area contributed by atoms with Crippen molar-refractivity contribution in [3.8, 4) is 0 Å². The van der Waals surface area contributed by atoms with E-state index >= 15 is 0 Å². The number of nitrogens with two attached hydrogens (primary N) is 1. The van der Waals surface area contributed by atoms with Gasteiger partial charge in [0.15, 0.2) is 0 Å². The fraction of sp³-hybridized carbons (Fsp3) is 0.875. The third-order valence-electron chi connectivity index (χ3n) is 5.12. The smallest absolute Gasteiger partial charge is 0.222 e. The molecule has 0 aromatic rings. The quantitative estimate of drug-likeness (QED) is 0.791. The van der Waals surface area contributed by atoms with Gasteiger partial charge in [0.05, 0.1) is 11.0 Å². The predicted octanol–water partition coefficient (Wildman–Crippen LogP) is 2.17. The summed E-state index contributed by atoms with van der Waals surface area (Å²) in [5, 5.41) is 0. The van der Waals surface area contributed by atoms with Crippen LogP contribution in [0.25, 0.3) is 0 Å². The Hall–Kier alpha value is -0.680. The number of carbonyl (C=O) groups is 1. The number of hydrogen-bond acceptors (Lipinski definition) is 3. The molecule has 1 saturated heterocycles. The third kappa shape index (κ3) is 4.92. The molecule has 4 nitrogen and oxygen atoms in total. The van der Waals surface area contributed by atoms with Crippen molar-refractivity contribution in [3.63, 3.8) is 0 Å². The second-order valence-corrected chi connectivity index (χ2v) is 7.01. The first kappa shape index (κ1) is 16.7. The number of carbonyl (C=O) groups excluding carboxylic acids is 1. The van der Waals surface area contributed by atoms with Gasteiger partial charge in [0, 0.05) is 32.6 Å². The number of amides is 1. The summed E-state index contributed by atoms with van der Waals surface area (Å²) >= 11 is 5.05. The van der Waals surface area contributed by atoms with Crippen molar-refractivity contribution >= 4 is 23.1 Å². The molecule has 1 aliphatic heterocycles. The average Bonchev–Trinajstić information content (AvgIpc) is 2.53. The van der Waals surface area contributed by atoms with E-state index in [1.54, 1.807) is 0 Å². The first-order valence-electron chi connectivity index (χ1n) is 8.39. The summed E-state index contributed by atoms with van der Waals surface area (Å²) in [7, 11) is 0. The average molecular weight is 311 g/mol. The monoisotopic (exact) mass is 311 g/mol. The van der Waals surface area contributed by atoms with E-state index < -0.39 is 0 Å². The van der Waals surface area contributed by atoms with E-state index in [9.17, 15) is 4.79 Å². The van der Waals surface area contributed by atoms with Crippen molar-refractivity contribution in [1.29, 1.82) is 0 Å². The number of piperazine rings is 1. The molecule has 0 radical (unpaired) electrons. The maximum absolute atomic E-state index is 12.3. The van der Waals surface area contributed by atoms with Gasteiger partial charge in [-0.1, -0.05) is 44.3 Å². The molecule has 1 aliphatic carbocycles. The van der Waals surface area contributed by atoms with Crippen LogP contribution < -0.4 is 5.73 Å². The Morgan fingerprint density at radius 3 is 2.38 bits per heavy atom. The highest BCUT2D eigenvalue weighted by Gasteiger charge is 2.25. The van der Waals surface area contributed by atoms with E-state index in [0.29, 0.717) is 10.9 Å². The molecule has 1 unspecified atom stereocenters. The van der Waals surface area contributed by atoms with Crippen molar-refractivity contribution in [2.45, 2.75) is 57.9 Å². The molecule has 2 fully saturated rings. The summed E-state index contributed by atoms with van der Waals surface area (Å²) in [4.78, 5) is 17.1. The van der Waals surface area contributed by atoms with Crippen molar-refractivity contribution < 1.29 is 4.79 Å². The summed E-state index contributed by atoms with van der Waals surface area (Å²) in [6, 6.07) is 0.138. The van der Waals surface area contributed by atoms with Crippen LogP contribution in [0.4, 0.5) is 0 Å². The number of nitrogens with zero attached hydrogens (tertiary/aromatic N) is 2. The van der Waals surface area contributed by atoms with Gasteiger partial charge in [0.25, 0.3) is 0 Å². The van der Waals surface area contributed by atoms with Gasteiger partial charge in [-0.2, -0.15) is 0 Å². The summed E-state index contributed by atoms with van der Waals surface area (Å²) in [6.07, 6.45) is 8.56. The predicted molar refractivity (Wildman–Crippen MR) is 90.2 cm³/mol. The van der Waals surface area contributed by atoms with Gasteiger partial charge >= 0.3 is 0 Å². The minimum atomic E-state index is 0.138. The van der Waals surface area contributed by atoms with Crippen LogP contribution in [0.15, 0.2) is 0 Å². The molecule has 2 N–H and O–H groups in total. The highest BCUT2D eigenvalue weighted by atomic mass is 32.1. The van der Waals surface area contributed by atoms with E-state index in [4.69, 9.17) is 18.0 Å². The van der Waals surface area contributed by atoms with Gasteiger partial charge in [-0.25, -0.2) is 0 Å². The van der Waals surface area contributed by atoms with Gasteiger partial charge < -0.3 is 10.6 Å². The first-order chi connectivity index (χ1) is 10.1. The first-order valence-corrected chi connectivity index (χ1v) is 8.80. The van der Waals surface area contributed by atoms with E-state index in [1.807, 2.05) is 11.8 Å². The van der Waals surface area contributed by atoms with Crippen LogP contribution in [-0.4, -0.2) is 52.9 Å². The fourth-order valence-electron chi connectivity index (χ4n) is 3.50. The number of hydrogen-bond donors (Lipinski definition) is 1. The van der Waals surface area contributed by atoms with E-state index in [2.05, 4.69) is 4.90 Å². The van der Waals surface area contributed by atoms with Crippen molar-refractivity contribution in [1.82, 2.24) is 9.80 Å². The van der Waals surface area contributed by atoms with E-state index in [-0.39, 0.29) is 6.04 Å². The van der Waals surface area contributed by atoms with Gasteiger partial charge in [0.2, 0.25) is 5.91 Å². The highest BCUT2D eigenvalue weighted by Crippen LogP contribution is 2.27. The molecule has 0 bridgehead atoms. The van der Waals surface area contributed by atoms with E-state index in [0.717, 1.165) is 44.9 Å². The van der Waals surface area contributed by atoms with Gasteiger partial charge in [-0.05, 0) is 19.3 Å². The molecule has 0 aromatic heterocycles. The molecular formula is C16H29N3OS. The lowest BCUT2D eigenvalue weighted by atomic mass is 9.86. The van der Waals surface area contributed by atoms with Crippen LogP contribution in [0.1, 0.15) is 51.9 Å². The lowest BCUT2D eigenvalue weighted by molar-refractivity contribution is -0.133. The summed E-state index contributed by atoms with van der Waals surface area (Å²) < 4.78 is 0. The normalized spacial score (nSPS) is 23.0. The largest absolute Gasteiger partial charge is 0.392 e. The molecule has 1 atom stereocenters. The number of rotatable bonds is 5. The van der Waals surface area contributed by atoms with Crippen molar-refractivity contribution in [2.24, 2.45) is 11.7 Å². The molecule has 1 heterocycles. The molecule has 21 heavy (non-hydrogen) atoms. The second kappa shape index (κ2) is 8.08. The maximum atomic E-state index is 12.3. The van der Waals surface area contributed by atoms with Crippen LogP contribution in [0.5, 0.6) is 0 Å². The SMILES string of the molecule is CC(C(N)=S)N1CCN(C(=O)CCC2CCCCC2)CC1. The molecule has 1 amide bonds.